The molecule has 0 aromatic heterocycles. The lowest BCUT2D eigenvalue weighted by atomic mass is 9.94. The average Bonchev–Trinajstić information content (AvgIpc) is 3.05. The van der Waals surface area contributed by atoms with Gasteiger partial charge in [-0.25, -0.2) is 0 Å². The fourth-order valence-corrected chi connectivity index (χ4v) is 3.75. The fourth-order valence-electron chi connectivity index (χ4n) is 3.75. The molecular formula is C14H27N3. The molecule has 2 N–H and O–H groups in total. The molecule has 0 spiro atoms. The molecule has 0 bridgehead atoms. The fraction of sp³-hybridized carbons (Fsp3) is 1.00. The standard InChI is InChI=1S/C14H27N3/c15-12-14(5-1-2-6-14)17-9-7-16(8-10-17)11-13-3-4-13/h13H,1-12,15H2. The Morgan fingerprint density at radius 3 is 2.18 bits per heavy atom. The minimum absolute atomic E-state index is 0.381. The van der Waals surface area contributed by atoms with Gasteiger partial charge in [-0.05, 0) is 31.6 Å². The second-order valence-corrected chi connectivity index (χ2v) is 6.37. The Balaban J connectivity index is 1.52. The van der Waals surface area contributed by atoms with E-state index in [2.05, 4.69) is 9.80 Å². The van der Waals surface area contributed by atoms with Crippen molar-refractivity contribution in [2.45, 2.75) is 44.1 Å². The zero-order chi connectivity index (χ0) is 11.7. The minimum Gasteiger partial charge on any atom is -0.329 e. The largest absolute Gasteiger partial charge is 0.329 e. The van der Waals surface area contributed by atoms with Crippen molar-refractivity contribution in [1.82, 2.24) is 9.80 Å². The summed E-state index contributed by atoms with van der Waals surface area (Å²) in [6.45, 7) is 7.30. The van der Waals surface area contributed by atoms with E-state index in [1.165, 1.54) is 71.2 Å². The maximum atomic E-state index is 6.07. The highest BCUT2D eigenvalue weighted by Crippen LogP contribution is 2.35. The Labute approximate surface area is 105 Å². The van der Waals surface area contributed by atoms with Crippen LogP contribution in [0.15, 0.2) is 0 Å². The number of rotatable bonds is 4. The molecule has 2 aliphatic carbocycles. The van der Waals surface area contributed by atoms with E-state index in [1.807, 2.05) is 0 Å². The first kappa shape index (κ1) is 11.9. The molecule has 1 saturated heterocycles. The van der Waals surface area contributed by atoms with Crippen LogP contribution in [-0.4, -0.2) is 54.6 Å². The van der Waals surface area contributed by atoms with Crippen LogP contribution in [0.3, 0.4) is 0 Å². The highest BCUT2D eigenvalue weighted by molar-refractivity contribution is 4.97. The Kier molecular flexibility index (Phi) is 3.42. The van der Waals surface area contributed by atoms with E-state index in [0.717, 1.165) is 12.5 Å². The number of nitrogens with two attached hydrogens (primary N) is 1. The molecule has 3 rings (SSSR count). The molecular weight excluding hydrogens is 210 g/mol. The number of hydrogen-bond acceptors (Lipinski definition) is 3. The molecule has 0 unspecified atom stereocenters. The van der Waals surface area contributed by atoms with Gasteiger partial charge in [0.1, 0.15) is 0 Å². The lowest BCUT2D eigenvalue weighted by molar-refractivity contribution is 0.0381. The van der Waals surface area contributed by atoms with Crippen molar-refractivity contribution < 1.29 is 0 Å². The highest BCUT2D eigenvalue weighted by atomic mass is 15.3. The summed E-state index contributed by atoms with van der Waals surface area (Å²) in [6, 6.07) is 0. The van der Waals surface area contributed by atoms with Gasteiger partial charge < -0.3 is 10.6 Å². The summed E-state index contributed by atoms with van der Waals surface area (Å²) in [6.07, 6.45) is 8.41. The lowest BCUT2D eigenvalue weighted by Gasteiger charge is -2.45. The molecule has 3 heteroatoms. The van der Waals surface area contributed by atoms with Crippen LogP contribution in [0.4, 0.5) is 0 Å². The van der Waals surface area contributed by atoms with Gasteiger partial charge in [0.05, 0.1) is 0 Å². The van der Waals surface area contributed by atoms with Crippen LogP contribution in [0.5, 0.6) is 0 Å². The van der Waals surface area contributed by atoms with Gasteiger partial charge in [0.2, 0.25) is 0 Å². The summed E-state index contributed by atoms with van der Waals surface area (Å²) in [7, 11) is 0. The molecule has 1 aliphatic heterocycles. The number of piperazine rings is 1. The summed E-state index contributed by atoms with van der Waals surface area (Å²) in [5.74, 6) is 1.04. The van der Waals surface area contributed by atoms with Crippen LogP contribution in [0.25, 0.3) is 0 Å². The molecule has 0 aromatic carbocycles. The molecule has 17 heavy (non-hydrogen) atoms. The Bertz CT molecular complexity index is 248. The quantitative estimate of drug-likeness (QED) is 0.799. The van der Waals surface area contributed by atoms with E-state index < -0.39 is 0 Å². The van der Waals surface area contributed by atoms with Crippen molar-refractivity contribution in [1.29, 1.82) is 0 Å². The van der Waals surface area contributed by atoms with Gasteiger partial charge >= 0.3 is 0 Å². The average molecular weight is 237 g/mol. The first-order valence-electron chi connectivity index (χ1n) is 7.50. The minimum atomic E-state index is 0.381. The molecule has 0 atom stereocenters. The third kappa shape index (κ3) is 2.51. The topological polar surface area (TPSA) is 32.5 Å². The van der Waals surface area contributed by atoms with E-state index in [-0.39, 0.29) is 0 Å². The zero-order valence-electron chi connectivity index (χ0n) is 11.0. The predicted octanol–water partition coefficient (Wildman–Crippen LogP) is 1.29. The van der Waals surface area contributed by atoms with Crippen molar-refractivity contribution in [2.75, 3.05) is 39.3 Å². The van der Waals surface area contributed by atoms with Gasteiger partial charge in [-0.3, -0.25) is 4.90 Å². The van der Waals surface area contributed by atoms with Crippen LogP contribution < -0.4 is 5.73 Å². The first-order valence-corrected chi connectivity index (χ1v) is 7.50. The van der Waals surface area contributed by atoms with Gasteiger partial charge in [-0.2, -0.15) is 0 Å². The van der Waals surface area contributed by atoms with Crippen molar-refractivity contribution in [3.63, 3.8) is 0 Å². The van der Waals surface area contributed by atoms with E-state index in [1.54, 1.807) is 0 Å². The lowest BCUT2D eigenvalue weighted by Crippen LogP contribution is -2.59. The SMILES string of the molecule is NCC1(N2CCN(CC3CC3)CC2)CCCC1. The van der Waals surface area contributed by atoms with E-state index in [0.29, 0.717) is 5.54 Å². The van der Waals surface area contributed by atoms with Gasteiger partial charge in [0.15, 0.2) is 0 Å². The van der Waals surface area contributed by atoms with E-state index >= 15 is 0 Å². The summed E-state index contributed by atoms with van der Waals surface area (Å²) >= 11 is 0. The molecule has 98 valence electrons. The van der Waals surface area contributed by atoms with Gasteiger partial charge in [0.25, 0.3) is 0 Å². The van der Waals surface area contributed by atoms with Crippen LogP contribution in [0.1, 0.15) is 38.5 Å². The predicted molar refractivity (Wildman–Crippen MR) is 71.0 cm³/mol. The third-order valence-electron chi connectivity index (χ3n) is 5.17. The highest BCUT2D eigenvalue weighted by Gasteiger charge is 2.39. The van der Waals surface area contributed by atoms with Gasteiger partial charge in [-0.1, -0.05) is 12.8 Å². The zero-order valence-corrected chi connectivity index (χ0v) is 11.0. The van der Waals surface area contributed by atoms with Gasteiger partial charge in [-0.15, -0.1) is 0 Å². The molecule has 1 heterocycles. The Hall–Kier alpha value is -0.120. The first-order chi connectivity index (χ1) is 8.32. The smallest absolute Gasteiger partial charge is 0.0332 e. The van der Waals surface area contributed by atoms with Crippen LogP contribution in [0, 0.1) is 5.92 Å². The number of nitrogens with zero attached hydrogens (tertiary/aromatic N) is 2. The maximum Gasteiger partial charge on any atom is 0.0332 e. The van der Waals surface area contributed by atoms with Crippen LogP contribution in [-0.2, 0) is 0 Å². The molecule has 0 aromatic rings. The maximum absolute atomic E-state index is 6.07. The summed E-state index contributed by atoms with van der Waals surface area (Å²) < 4.78 is 0. The summed E-state index contributed by atoms with van der Waals surface area (Å²) in [5.41, 5.74) is 6.45. The van der Waals surface area contributed by atoms with Crippen LogP contribution >= 0.6 is 0 Å². The normalized spacial score (nSPS) is 30.9. The van der Waals surface area contributed by atoms with Crippen molar-refractivity contribution in [2.24, 2.45) is 11.7 Å². The monoisotopic (exact) mass is 237 g/mol. The van der Waals surface area contributed by atoms with Crippen molar-refractivity contribution in [3.8, 4) is 0 Å². The number of hydrogen-bond donors (Lipinski definition) is 1. The molecule has 0 amide bonds. The molecule has 2 saturated carbocycles. The van der Waals surface area contributed by atoms with E-state index in [9.17, 15) is 0 Å². The second kappa shape index (κ2) is 4.87. The third-order valence-corrected chi connectivity index (χ3v) is 5.17. The Morgan fingerprint density at radius 2 is 1.65 bits per heavy atom. The molecule has 3 nitrogen and oxygen atoms in total. The van der Waals surface area contributed by atoms with E-state index in [4.69, 9.17) is 5.73 Å². The van der Waals surface area contributed by atoms with Crippen LogP contribution in [0.2, 0.25) is 0 Å². The second-order valence-electron chi connectivity index (χ2n) is 6.37. The van der Waals surface area contributed by atoms with Crippen molar-refractivity contribution in [3.05, 3.63) is 0 Å². The molecule has 3 fully saturated rings. The van der Waals surface area contributed by atoms with Gasteiger partial charge in [0, 0.05) is 44.8 Å². The molecule has 0 radical (unpaired) electrons. The Morgan fingerprint density at radius 1 is 1.00 bits per heavy atom. The molecule has 3 aliphatic rings. The van der Waals surface area contributed by atoms with Crippen molar-refractivity contribution >= 4 is 0 Å². The summed E-state index contributed by atoms with van der Waals surface area (Å²) in [5, 5.41) is 0. The summed E-state index contributed by atoms with van der Waals surface area (Å²) in [4.78, 5) is 5.39.